The van der Waals surface area contributed by atoms with Crippen molar-refractivity contribution in [1.29, 1.82) is 0 Å². The Kier molecular flexibility index (Phi) is 8.20. The number of benzene rings is 2. The number of anilines is 1. The van der Waals surface area contributed by atoms with E-state index in [1.807, 2.05) is 18.2 Å². The molecule has 1 fully saturated rings. The van der Waals surface area contributed by atoms with Crippen molar-refractivity contribution in [3.63, 3.8) is 0 Å². The predicted molar refractivity (Wildman–Crippen MR) is 120 cm³/mol. The molecule has 0 spiro atoms. The second kappa shape index (κ2) is 10.9. The summed E-state index contributed by atoms with van der Waals surface area (Å²) in [5, 5.41) is 2.96. The molecule has 3 rings (SSSR count). The lowest BCUT2D eigenvalue weighted by Gasteiger charge is -2.30. The van der Waals surface area contributed by atoms with Crippen LogP contribution < -0.4 is 10.2 Å². The topological polar surface area (TPSA) is 69.7 Å². The number of nitrogens with zero attached hydrogens (tertiary/aromatic N) is 2. The minimum atomic E-state index is -3.92. The van der Waals surface area contributed by atoms with Crippen molar-refractivity contribution >= 4 is 21.6 Å². The molecule has 1 amide bonds. The van der Waals surface area contributed by atoms with E-state index in [1.165, 1.54) is 4.31 Å². The smallest absolute Gasteiger partial charge is 0.243 e. The van der Waals surface area contributed by atoms with Crippen LogP contribution in [0.15, 0.2) is 53.4 Å². The Hall–Kier alpha value is -2.52. The molecule has 32 heavy (non-hydrogen) atoms. The van der Waals surface area contributed by atoms with Gasteiger partial charge in [0.05, 0.1) is 4.90 Å². The van der Waals surface area contributed by atoms with E-state index in [4.69, 9.17) is 0 Å². The van der Waals surface area contributed by atoms with Gasteiger partial charge in [0.1, 0.15) is 0 Å². The van der Waals surface area contributed by atoms with Gasteiger partial charge in [-0.05, 0) is 56.5 Å². The fourth-order valence-corrected chi connectivity index (χ4v) is 5.36. The highest BCUT2D eigenvalue weighted by atomic mass is 32.2. The zero-order chi connectivity index (χ0) is 23.1. The van der Waals surface area contributed by atoms with Crippen molar-refractivity contribution in [2.45, 2.75) is 31.1 Å². The Morgan fingerprint density at radius 2 is 1.78 bits per heavy atom. The molecule has 1 heterocycles. The third-order valence-electron chi connectivity index (χ3n) is 5.76. The number of nitrogens with one attached hydrogen (secondary N) is 1. The molecule has 0 radical (unpaired) electrons. The van der Waals surface area contributed by atoms with E-state index >= 15 is 0 Å². The second-order valence-electron chi connectivity index (χ2n) is 7.81. The molecule has 0 aliphatic carbocycles. The van der Waals surface area contributed by atoms with Crippen molar-refractivity contribution in [3.8, 4) is 0 Å². The van der Waals surface area contributed by atoms with Crippen molar-refractivity contribution in [2.75, 3.05) is 37.6 Å². The summed E-state index contributed by atoms with van der Waals surface area (Å²) in [6.45, 7) is 4.67. The molecule has 0 bridgehead atoms. The molecule has 2 aromatic carbocycles. The lowest BCUT2D eigenvalue weighted by atomic mass is 9.97. The fourth-order valence-electron chi connectivity index (χ4n) is 3.88. The van der Waals surface area contributed by atoms with Gasteiger partial charge >= 0.3 is 0 Å². The highest BCUT2D eigenvalue weighted by molar-refractivity contribution is 7.89. The van der Waals surface area contributed by atoms with Crippen LogP contribution in [0.1, 0.15) is 26.2 Å². The third kappa shape index (κ3) is 5.83. The molecule has 1 aliphatic heterocycles. The van der Waals surface area contributed by atoms with Gasteiger partial charge in [-0.1, -0.05) is 18.2 Å². The number of carbonyl (C=O) groups is 1. The van der Waals surface area contributed by atoms with Crippen molar-refractivity contribution in [3.05, 3.63) is 60.2 Å². The summed E-state index contributed by atoms with van der Waals surface area (Å²) in [5.41, 5.74) is 1.15. The number of hydrogen-bond acceptors (Lipinski definition) is 4. The summed E-state index contributed by atoms with van der Waals surface area (Å²) in [4.78, 5) is 14.5. The summed E-state index contributed by atoms with van der Waals surface area (Å²) in [6.07, 6.45) is 1.58. The Morgan fingerprint density at radius 1 is 1.09 bits per heavy atom. The number of rotatable bonds is 9. The summed E-state index contributed by atoms with van der Waals surface area (Å²) >= 11 is 0. The highest BCUT2D eigenvalue weighted by Gasteiger charge is 2.32. The first-order valence-electron chi connectivity index (χ1n) is 10.9. The van der Waals surface area contributed by atoms with Gasteiger partial charge in [0.2, 0.25) is 15.9 Å². The minimum absolute atomic E-state index is 0.0716. The molecule has 0 saturated carbocycles. The number of amides is 1. The zero-order valence-corrected chi connectivity index (χ0v) is 19.0. The van der Waals surface area contributed by atoms with E-state index in [0.29, 0.717) is 25.5 Å². The molecule has 9 heteroatoms. The SMILES string of the molecule is CCN(CCCNC(=O)C1CCN(S(=O)(=O)c2ccc(F)c(F)c2)CC1)c1ccccc1. The number of piperidine rings is 1. The average molecular weight is 466 g/mol. The average Bonchev–Trinajstić information content (AvgIpc) is 2.81. The molecule has 1 saturated heterocycles. The maximum absolute atomic E-state index is 13.4. The van der Waals surface area contributed by atoms with Gasteiger partial charge in [0, 0.05) is 44.3 Å². The summed E-state index contributed by atoms with van der Waals surface area (Å²) in [5.74, 6) is -2.63. The quantitative estimate of drug-likeness (QED) is 0.577. The molecule has 1 N–H and O–H groups in total. The van der Waals surface area contributed by atoms with E-state index in [9.17, 15) is 22.0 Å². The van der Waals surface area contributed by atoms with Gasteiger partial charge in [-0.15, -0.1) is 0 Å². The first-order chi connectivity index (χ1) is 15.3. The van der Waals surface area contributed by atoms with Crippen LogP contribution >= 0.6 is 0 Å². The van der Waals surface area contributed by atoms with Crippen molar-refractivity contribution in [1.82, 2.24) is 9.62 Å². The van der Waals surface area contributed by atoms with E-state index in [1.54, 1.807) is 0 Å². The van der Waals surface area contributed by atoms with Crippen LogP contribution in [-0.4, -0.2) is 51.4 Å². The molecule has 174 valence electrons. The predicted octanol–water partition coefficient (Wildman–Crippen LogP) is 3.40. The van der Waals surface area contributed by atoms with Crippen LogP contribution in [0, 0.1) is 17.6 Å². The molecule has 1 aliphatic rings. The standard InChI is InChI=1S/C23H29F2N3O3S/c1-2-27(19-7-4-3-5-8-19)14-6-13-26-23(29)18-11-15-28(16-12-18)32(30,31)20-9-10-21(24)22(25)17-20/h3-5,7-10,17-18H,2,6,11-16H2,1H3,(H,26,29). The zero-order valence-electron chi connectivity index (χ0n) is 18.1. The van der Waals surface area contributed by atoms with Crippen LogP contribution in [0.5, 0.6) is 0 Å². The van der Waals surface area contributed by atoms with Crippen LogP contribution in [0.25, 0.3) is 0 Å². The van der Waals surface area contributed by atoms with Gasteiger partial charge in [-0.3, -0.25) is 4.79 Å². The maximum Gasteiger partial charge on any atom is 0.243 e. The van der Waals surface area contributed by atoms with Gasteiger partial charge in [-0.2, -0.15) is 4.31 Å². The molecule has 0 atom stereocenters. The van der Waals surface area contributed by atoms with Crippen LogP contribution in [0.2, 0.25) is 0 Å². The van der Waals surface area contributed by atoms with Crippen molar-refractivity contribution in [2.24, 2.45) is 5.92 Å². The number of para-hydroxylation sites is 1. The van der Waals surface area contributed by atoms with Gasteiger partial charge in [0.15, 0.2) is 11.6 Å². The Bertz CT molecular complexity index is 1010. The lowest BCUT2D eigenvalue weighted by Crippen LogP contribution is -2.43. The maximum atomic E-state index is 13.4. The normalized spacial score (nSPS) is 15.5. The fraction of sp³-hybridized carbons (Fsp3) is 0.435. The third-order valence-corrected chi connectivity index (χ3v) is 7.66. The van der Waals surface area contributed by atoms with Gasteiger partial charge in [0.25, 0.3) is 0 Å². The molecule has 0 aromatic heterocycles. The van der Waals surface area contributed by atoms with Gasteiger partial charge in [-0.25, -0.2) is 17.2 Å². The monoisotopic (exact) mass is 465 g/mol. The van der Waals surface area contributed by atoms with Crippen LogP contribution in [0.3, 0.4) is 0 Å². The number of halogens is 2. The summed E-state index contributed by atoms with van der Waals surface area (Å²) < 4.78 is 53.1. The number of carbonyl (C=O) groups excluding carboxylic acids is 1. The van der Waals surface area contributed by atoms with Gasteiger partial charge < -0.3 is 10.2 Å². The van der Waals surface area contributed by atoms with Crippen molar-refractivity contribution < 1.29 is 22.0 Å². The lowest BCUT2D eigenvalue weighted by molar-refractivity contribution is -0.126. The Balaban J connectivity index is 1.44. The first-order valence-corrected chi connectivity index (χ1v) is 12.3. The number of hydrogen-bond donors (Lipinski definition) is 1. The molecule has 0 unspecified atom stereocenters. The van der Waals surface area contributed by atoms with Crippen LogP contribution in [0.4, 0.5) is 14.5 Å². The molecule has 2 aromatic rings. The summed E-state index contributed by atoms with van der Waals surface area (Å²) in [7, 11) is -3.92. The first kappa shape index (κ1) is 24.1. The minimum Gasteiger partial charge on any atom is -0.372 e. The molecular weight excluding hydrogens is 436 g/mol. The Morgan fingerprint density at radius 3 is 2.41 bits per heavy atom. The van der Waals surface area contributed by atoms with E-state index in [0.717, 1.165) is 37.3 Å². The Labute approximate surface area is 188 Å². The highest BCUT2D eigenvalue weighted by Crippen LogP contribution is 2.25. The molecular formula is C23H29F2N3O3S. The number of sulfonamides is 1. The second-order valence-corrected chi connectivity index (χ2v) is 9.75. The van der Waals surface area contributed by atoms with E-state index in [2.05, 4.69) is 29.3 Å². The van der Waals surface area contributed by atoms with Crippen LogP contribution in [-0.2, 0) is 14.8 Å². The van der Waals surface area contributed by atoms with E-state index < -0.39 is 21.7 Å². The summed E-state index contributed by atoms with van der Waals surface area (Å²) in [6, 6.07) is 12.7. The molecule has 6 nitrogen and oxygen atoms in total. The van der Waals surface area contributed by atoms with E-state index in [-0.39, 0.29) is 29.8 Å². The largest absolute Gasteiger partial charge is 0.372 e.